The van der Waals surface area contributed by atoms with Gasteiger partial charge in [-0.25, -0.2) is 9.59 Å². The van der Waals surface area contributed by atoms with E-state index in [4.69, 9.17) is 9.84 Å². The van der Waals surface area contributed by atoms with Gasteiger partial charge in [0.2, 0.25) is 5.91 Å². The van der Waals surface area contributed by atoms with Crippen molar-refractivity contribution in [3.05, 3.63) is 59.7 Å². The minimum Gasteiger partial charge on any atom is -0.480 e. The zero-order valence-electron chi connectivity index (χ0n) is 19.1. The smallest absolute Gasteiger partial charge is 0.407 e. The van der Waals surface area contributed by atoms with Crippen LogP contribution in [-0.2, 0) is 14.3 Å². The summed E-state index contributed by atoms with van der Waals surface area (Å²) in [5, 5.41) is 13.4. The van der Waals surface area contributed by atoms with Gasteiger partial charge < -0.3 is 20.5 Å². The quantitative estimate of drug-likeness (QED) is 0.454. The van der Waals surface area contributed by atoms with Crippen molar-refractivity contribution < 1.29 is 37.4 Å². The molecule has 3 N–H and O–H groups in total. The Hall–Kier alpha value is -3.56. The van der Waals surface area contributed by atoms with Crippen molar-refractivity contribution in [1.82, 2.24) is 10.6 Å². The van der Waals surface area contributed by atoms with Crippen molar-refractivity contribution in [2.45, 2.75) is 44.3 Å². The number of hydrogen-bond acceptors (Lipinski definition) is 4. The summed E-state index contributed by atoms with van der Waals surface area (Å²) in [6.07, 6.45) is -6.90. The Balaban J connectivity index is 1.42. The number of ether oxygens (including phenoxy) is 1. The van der Waals surface area contributed by atoms with E-state index < -0.39 is 36.6 Å². The number of carboxylic acid groups (broad SMARTS) is 1. The normalized spacial score (nSPS) is 14.4. The molecule has 2 atom stereocenters. The number of carbonyl (C=O) groups excluding carboxylic acids is 2. The number of carbonyl (C=O) groups is 3. The fourth-order valence-corrected chi connectivity index (χ4v) is 4.08. The van der Waals surface area contributed by atoms with E-state index in [1.807, 2.05) is 53.8 Å². The van der Waals surface area contributed by atoms with Crippen LogP contribution in [-0.4, -0.2) is 48.4 Å². The van der Waals surface area contributed by atoms with Gasteiger partial charge in [-0.15, -0.1) is 0 Å². The molecule has 1 aliphatic carbocycles. The van der Waals surface area contributed by atoms with E-state index in [0.717, 1.165) is 22.3 Å². The zero-order chi connectivity index (χ0) is 25.6. The lowest BCUT2D eigenvalue weighted by molar-refractivity contribution is -0.160. The number of nitrogens with one attached hydrogen (secondary N) is 2. The van der Waals surface area contributed by atoms with Crippen molar-refractivity contribution in [3.63, 3.8) is 0 Å². The molecule has 0 saturated heterocycles. The summed E-state index contributed by atoms with van der Waals surface area (Å²) in [7, 11) is 0. The van der Waals surface area contributed by atoms with Crippen LogP contribution in [0, 0.1) is 5.92 Å². The van der Waals surface area contributed by atoms with Crippen LogP contribution in [0.5, 0.6) is 0 Å². The summed E-state index contributed by atoms with van der Waals surface area (Å²) in [5.74, 6) is -2.81. The van der Waals surface area contributed by atoms with Gasteiger partial charge in [0.05, 0.1) is 6.42 Å². The molecule has 0 heterocycles. The standard InChI is InChI=1S/C25H27F3N2O5/c1-15(10-11-22(31)30-21(23(32)33)12-25(26,27)28)13-29-24(34)35-14-20-18-8-4-2-6-16(18)17-7-3-5-9-19(17)20/h2-9,15,20-21H,10-14H2,1H3,(H,29,34)(H,30,31)(H,32,33). The topological polar surface area (TPSA) is 105 Å². The number of fused-ring (bicyclic) bond motifs is 3. The summed E-state index contributed by atoms with van der Waals surface area (Å²) in [5.41, 5.74) is 4.41. The number of carboxylic acids is 1. The summed E-state index contributed by atoms with van der Waals surface area (Å²) in [4.78, 5) is 35.1. The third kappa shape index (κ3) is 7.21. The molecule has 2 unspecified atom stereocenters. The van der Waals surface area contributed by atoms with Crippen LogP contribution in [0.2, 0.25) is 0 Å². The molecule has 10 heteroatoms. The van der Waals surface area contributed by atoms with Gasteiger partial charge in [0.15, 0.2) is 0 Å². The van der Waals surface area contributed by atoms with Crippen molar-refractivity contribution in [2.24, 2.45) is 5.92 Å². The third-order valence-electron chi connectivity index (χ3n) is 5.87. The molecular formula is C25H27F3N2O5. The lowest BCUT2D eigenvalue weighted by Crippen LogP contribution is -2.43. The molecule has 2 aromatic carbocycles. The molecule has 2 aromatic rings. The maximum atomic E-state index is 12.4. The van der Waals surface area contributed by atoms with Gasteiger partial charge in [-0.2, -0.15) is 13.2 Å². The van der Waals surface area contributed by atoms with Gasteiger partial charge in [0.1, 0.15) is 12.6 Å². The number of alkyl halides is 3. The Bertz CT molecular complexity index is 1030. The maximum absolute atomic E-state index is 12.4. The third-order valence-corrected chi connectivity index (χ3v) is 5.87. The molecule has 0 aromatic heterocycles. The number of halogens is 3. The average Bonchev–Trinajstić information content (AvgIpc) is 3.12. The van der Waals surface area contributed by atoms with Crippen LogP contribution in [0.15, 0.2) is 48.5 Å². The second-order valence-corrected chi connectivity index (χ2v) is 8.63. The molecule has 0 fully saturated rings. The minimum absolute atomic E-state index is 0.0758. The zero-order valence-corrected chi connectivity index (χ0v) is 19.1. The van der Waals surface area contributed by atoms with Gasteiger partial charge >= 0.3 is 18.2 Å². The number of rotatable bonds is 10. The Kier molecular flexibility index (Phi) is 8.37. The van der Waals surface area contributed by atoms with Gasteiger partial charge in [0.25, 0.3) is 0 Å². The first-order valence-electron chi connectivity index (χ1n) is 11.2. The Morgan fingerprint density at radius 2 is 1.60 bits per heavy atom. The highest BCUT2D eigenvalue weighted by Gasteiger charge is 2.36. The largest absolute Gasteiger partial charge is 0.480 e. The van der Waals surface area contributed by atoms with E-state index in [1.165, 1.54) is 0 Å². The summed E-state index contributed by atoms with van der Waals surface area (Å²) < 4.78 is 42.8. The van der Waals surface area contributed by atoms with Gasteiger partial charge in [0, 0.05) is 18.9 Å². The maximum Gasteiger partial charge on any atom is 0.407 e. The molecular weight excluding hydrogens is 465 g/mol. The van der Waals surface area contributed by atoms with Crippen LogP contribution in [0.25, 0.3) is 11.1 Å². The molecule has 3 rings (SSSR count). The van der Waals surface area contributed by atoms with Crippen LogP contribution >= 0.6 is 0 Å². The minimum atomic E-state index is -4.71. The number of hydrogen-bond donors (Lipinski definition) is 3. The summed E-state index contributed by atoms with van der Waals surface area (Å²) in [6.45, 7) is 2.10. The highest BCUT2D eigenvalue weighted by molar-refractivity contribution is 5.83. The first-order chi connectivity index (χ1) is 16.5. The average molecular weight is 492 g/mol. The lowest BCUT2D eigenvalue weighted by atomic mass is 9.98. The van der Waals surface area contributed by atoms with Crippen LogP contribution < -0.4 is 10.6 Å². The molecule has 0 saturated carbocycles. The summed E-state index contributed by atoms with van der Waals surface area (Å²) in [6, 6.07) is 13.9. The van der Waals surface area contributed by atoms with Crippen LogP contribution in [0.3, 0.4) is 0 Å². The fourth-order valence-electron chi connectivity index (χ4n) is 4.08. The van der Waals surface area contributed by atoms with Gasteiger partial charge in [-0.3, -0.25) is 4.79 Å². The predicted octanol–water partition coefficient (Wildman–Crippen LogP) is 4.46. The first-order valence-corrected chi connectivity index (χ1v) is 11.2. The fraction of sp³-hybridized carbons (Fsp3) is 0.400. The molecule has 188 valence electrons. The molecule has 0 spiro atoms. The first kappa shape index (κ1) is 26.1. The SMILES string of the molecule is CC(CCC(=O)NC(CC(F)(F)F)C(=O)O)CNC(=O)OCC1c2ccccc2-c2ccccc21. The Morgan fingerprint density at radius 1 is 1.03 bits per heavy atom. The lowest BCUT2D eigenvalue weighted by Gasteiger charge is -2.18. The highest BCUT2D eigenvalue weighted by atomic mass is 19.4. The number of benzene rings is 2. The van der Waals surface area contributed by atoms with Gasteiger partial charge in [-0.1, -0.05) is 55.5 Å². The molecule has 0 bridgehead atoms. The monoisotopic (exact) mass is 492 g/mol. The van der Waals surface area contributed by atoms with Crippen molar-refractivity contribution in [2.75, 3.05) is 13.2 Å². The van der Waals surface area contributed by atoms with Crippen LogP contribution in [0.1, 0.15) is 43.2 Å². The van der Waals surface area contributed by atoms with E-state index in [0.29, 0.717) is 0 Å². The van der Waals surface area contributed by atoms with E-state index in [-0.39, 0.29) is 37.8 Å². The Labute approximate surface area is 200 Å². The Morgan fingerprint density at radius 3 is 2.14 bits per heavy atom. The van der Waals surface area contributed by atoms with Crippen molar-refractivity contribution in [1.29, 1.82) is 0 Å². The van der Waals surface area contributed by atoms with Crippen molar-refractivity contribution >= 4 is 18.0 Å². The second kappa shape index (κ2) is 11.2. The van der Waals surface area contributed by atoms with E-state index in [2.05, 4.69) is 5.32 Å². The van der Waals surface area contributed by atoms with Crippen molar-refractivity contribution in [3.8, 4) is 11.1 Å². The van der Waals surface area contributed by atoms with E-state index >= 15 is 0 Å². The summed E-state index contributed by atoms with van der Waals surface area (Å²) >= 11 is 0. The number of amides is 2. The second-order valence-electron chi connectivity index (χ2n) is 8.63. The predicted molar refractivity (Wildman–Crippen MR) is 122 cm³/mol. The van der Waals surface area contributed by atoms with E-state index in [9.17, 15) is 27.6 Å². The highest BCUT2D eigenvalue weighted by Crippen LogP contribution is 2.44. The molecule has 7 nitrogen and oxygen atoms in total. The molecule has 0 aliphatic heterocycles. The van der Waals surface area contributed by atoms with Crippen LogP contribution in [0.4, 0.5) is 18.0 Å². The molecule has 2 amide bonds. The molecule has 0 radical (unpaired) electrons. The number of alkyl carbamates (subject to hydrolysis) is 1. The molecule has 1 aliphatic rings. The molecule has 35 heavy (non-hydrogen) atoms. The number of aliphatic carboxylic acids is 1. The van der Waals surface area contributed by atoms with Gasteiger partial charge in [-0.05, 0) is 34.6 Å². The van der Waals surface area contributed by atoms with E-state index in [1.54, 1.807) is 6.92 Å².